The van der Waals surface area contributed by atoms with Gasteiger partial charge >= 0.3 is 0 Å². The molecule has 0 spiro atoms. The van der Waals surface area contributed by atoms with Crippen LogP contribution in [0.2, 0.25) is 0 Å². The molecule has 2 aromatic carbocycles. The molecule has 1 fully saturated rings. The maximum atomic E-state index is 12.7. The van der Waals surface area contributed by atoms with E-state index < -0.39 is 35.3 Å². The molecular formula is C20H19N3O3S. The number of nitrogens with one attached hydrogen (secondary N) is 1. The first-order valence-electron chi connectivity index (χ1n) is 8.35. The summed E-state index contributed by atoms with van der Waals surface area (Å²) in [5.41, 5.74) is 4.54. The van der Waals surface area contributed by atoms with E-state index in [1.54, 1.807) is 54.2 Å². The molecule has 27 heavy (non-hydrogen) atoms. The average molecular weight is 381 g/mol. The Bertz CT molecular complexity index is 895. The topological polar surface area (TPSA) is 116 Å². The van der Waals surface area contributed by atoms with Crippen molar-refractivity contribution in [2.45, 2.75) is 16.5 Å². The SMILES string of the molecule is CSc1ccc([C@@H]2[C@H](C(N)=O)C(=O)N[C@](O)(c3ccccc3)[C@@H]2C#N)cc1. The standard InChI is InChI=1S/C20H19N3O3S/c1-27-14-9-7-12(8-10-14)16-15(11-21)20(26,13-5-3-2-4-6-13)23-19(25)17(16)18(22)24/h2-10,15-17,26H,1H3,(H2,22,24)(H,23,25)/t15-,16+,17-,20+/m1/s1. The number of amides is 2. The van der Waals surface area contributed by atoms with Crippen molar-refractivity contribution in [1.82, 2.24) is 5.32 Å². The van der Waals surface area contributed by atoms with Crippen molar-refractivity contribution in [2.75, 3.05) is 6.26 Å². The quantitative estimate of drug-likeness (QED) is 0.551. The third-order valence-electron chi connectivity index (χ3n) is 4.92. The summed E-state index contributed by atoms with van der Waals surface area (Å²) in [6.45, 7) is 0. The van der Waals surface area contributed by atoms with Crippen LogP contribution in [0.25, 0.3) is 0 Å². The Kier molecular flexibility index (Phi) is 5.22. The Hall–Kier alpha value is -2.82. The number of nitrogens with two attached hydrogens (primary N) is 1. The molecule has 4 atom stereocenters. The fourth-order valence-electron chi connectivity index (χ4n) is 3.59. The van der Waals surface area contributed by atoms with Gasteiger partial charge < -0.3 is 16.2 Å². The Balaban J connectivity index is 2.16. The third kappa shape index (κ3) is 3.29. The molecule has 1 aliphatic rings. The van der Waals surface area contributed by atoms with Gasteiger partial charge in [0.1, 0.15) is 11.8 Å². The molecule has 0 bridgehead atoms. The predicted octanol–water partition coefficient (Wildman–Crippen LogP) is 1.71. The van der Waals surface area contributed by atoms with Crippen molar-refractivity contribution in [1.29, 1.82) is 5.26 Å². The molecule has 1 aliphatic heterocycles. The Morgan fingerprint density at radius 2 is 1.85 bits per heavy atom. The van der Waals surface area contributed by atoms with Crippen LogP contribution >= 0.6 is 11.8 Å². The van der Waals surface area contributed by atoms with Gasteiger partial charge in [-0.25, -0.2) is 0 Å². The first kappa shape index (κ1) is 19.0. The van der Waals surface area contributed by atoms with Crippen molar-refractivity contribution in [2.24, 2.45) is 17.6 Å². The number of thioether (sulfide) groups is 1. The monoisotopic (exact) mass is 381 g/mol. The molecule has 6 nitrogen and oxygen atoms in total. The van der Waals surface area contributed by atoms with Gasteiger partial charge in [0.15, 0.2) is 5.72 Å². The van der Waals surface area contributed by atoms with Crippen LogP contribution in [0.4, 0.5) is 0 Å². The van der Waals surface area contributed by atoms with Crippen molar-refractivity contribution < 1.29 is 14.7 Å². The summed E-state index contributed by atoms with van der Waals surface area (Å²) in [5.74, 6) is -4.75. The van der Waals surface area contributed by atoms with Crippen molar-refractivity contribution in [3.63, 3.8) is 0 Å². The van der Waals surface area contributed by atoms with E-state index in [1.165, 1.54) is 0 Å². The maximum Gasteiger partial charge on any atom is 0.235 e. The molecule has 2 amide bonds. The third-order valence-corrected chi connectivity index (χ3v) is 5.67. The number of hydrogen-bond donors (Lipinski definition) is 3. The minimum absolute atomic E-state index is 0.374. The number of nitriles is 1. The first-order valence-corrected chi connectivity index (χ1v) is 9.57. The van der Waals surface area contributed by atoms with E-state index in [0.717, 1.165) is 4.90 Å². The highest BCUT2D eigenvalue weighted by atomic mass is 32.2. The van der Waals surface area contributed by atoms with Crippen LogP contribution in [-0.4, -0.2) is 23.2 Å². The number of carbonyl (C=O) groups is 2. The summed E-state index contributed by atoms with van der Waals surface area (Å²) in [4.78, 5) is 25.8. The molecule has 0 radical (unpaired) electrons. The van der Waals surface area contributed by atoms with Gasteiger partial charge in [0.2, 0.25) is 11.8 Å². The number of rotatable bonds is 4. The molecule has 3 rings (SSSR count). The molecule has 4 N–H and O–H groups in total. The zero-order valence-electron chi connectivity index (χ0n) is 14.6. The molecule has 0 saturated carbocycles. The van der Waals surface area contributed by atoms with Gasteiger partial charge in [-0.2, -0.15) is 5.26 Å². The number of hydrogen-bond acceptors (Lipinski definition) is 5. The zero-order chi connectivity index (χ0) is 19.6. The highest BCUT2D eigenvalue weighted by Gasteiger charge is 2.55. The second kappa shape index (κ2) is 7.43. The number of piperidine rings is 1. The van der Waals surface area contributed by atoms with Crippen molar-refractivity contribution >= 4 is 23.6 Å². The van der Waals surface area contributed by atoms with E-state index in [9.17, 15) is 20.0 Å². The molecule has 0 unspecified atom stereocenters. The Labute approximate surface area is 161 Å². The molecule has 1 heterocycles. The van der Waals surface area contributed by atoms with Gasteiger partial charge in [-0.1, -0.05) is 42.5 Å². The lowest BCUT2D eigenvalue weighted by molar-refractivity contribution is -0.153. The van der Waals surface area contributed by atoms with E-state index in [2.05, 4.69) is 11.4 Å². The minimum atomic E-state index is -1.93. The maximum absolute atomic E-state index is 12.7. The van der Waals surface area contributed by atoms with E-state index >= 15 is 0 Å². The van der Waals surface area contributed by atoms with Crippen LogP contribution in [0.5, 0.6) is 0 Å². The smallest absolute Gasteiger partial charge is 0.235 e. The number of primary amides is 1. The summed E-state index contributed by atoms with van der Waals surface area (Å²) in [5, 5.41) is 23.6. The van der Waals surface area contributed by atoms with Gasteiger partial charge in [-0.3, -0.25) is 9.59 Å². The Morgan fingerprint density at radius 3 is 2.37 bits per heavy atom. The minimum Gasteiger partial charge on any atom is -0.369 e. The fraction of sp³-hybridized carbons (Fsp3) is 0.250. The lowest BCUT2D eigenvalue weighted by Gasteiger charge is -2.44. The predicted molar refractivity (Wildman–Crippen MR) is 101 cm³/mol. The molecule has 1 saturated heterocycles. The Morgan fingerprint density at radius 1 is 1.22 bits per heavy atom. The summed E-state index contributed by atoms with van der Waals surface area (Å²) in [6, 6.07) is 17.8. The van der Waals surface area contributed by atoms with Gasteiger partial charge in [-0.05, 0) is 24.0 Å². The second-order valence-corrected chi connectivity index (χ2v) is 7.29. The van der Waals surface area contributed by atoms with Gasteiger partial charge in [0, 0.05) is 16.4 Å². The normalized spacial score (nSPS) is 27.4. The molecule has 138 valence electrons. The number of aliphatic hydroxyl groups is 1. The van der Waals surface area contributed by atoms with Gasteiger partial charge in [-0.15, -0.1) is 11.8 Å². The molecule has 2 aromatic rings. The van der Waals surface area contributed by atoms with Crippen LogP contribution in [0.3, 0.4) is 0 Å². The largest absolute Gasteiger partial charge is 0.369 e. The fourth-order valence-corrected chi connectivity index (χ4v) is 4.00. The number of carbonyl (C=O) groups excluding carboxylic acids is 2. The van der Waals surface area contributed by atoms with E-state index in [1.807, 2.05) is 18.4 Å². The zero-order valence-corrected chi connectivity index (χ0v) is 15.4. The summed E-state index contributed by atoms with van der Waals surface area (Å²) < 4.78 is 0. The van der Waals surface area contributed by atoms with Gasteiger partial charge in [0.05, 0.1) is 6.07 Å². The number of nitrogens with zero attached hydrogens (tertiary/aromatic N) is 1. The lowest BCUT2D eigenvalue weighted by Crippen LogP contribution is -2.62. The lowest BCUT2D eigenvalue weighted by atomic mass is 9.67. The highest BCUT2D eigenvalue weighted by molar-refractivity contribution is 7.98. The van der Waals surface area contributed by atoms with Crippen LogP contribution < -0.4 is 11.1 Å². The van der Waals surface area contributed by atoms with Crippen LogP contribution in [-0.2, 0) is 15.3 Å². The molecule has 0 aliphatic carbocycles. The van der Waals surface area contributed by atoms with E-state index in [-0.39, 0.29) is 0 Å². The average Bonchev–Trinajstić information content (AvgIpc) is 2.68. The van der Waals surface area contributed by atoms with Crippen molar-refractivity contribution in [3.8, 4) is 6.07 Å². The molecule has 7 heteroatoms. The summed E-state index contributed by atoms with van der Waals surface area (Å²) in [6.07, 6.45) is 1.93. The summed E-state index contributed by atoms with van der Waals surface area (Å²) >= 11 is 1.55. The first-order chi connectivity index (χ1) is 12.9. The van der Waals surface area contributed by atoms with E-state index in [0.29, 0.717) is 11.1 Å². The molecule has 0 aromatic heterocycles. The molecular weight excluding hydrogens is 362 g/mol. The van der Waals surface area contributed by atoms with Crippen LogP contribution in [0.15, 0.2) is 59.5 Å². The highest BCUT2D eigenvalue weighted by Crippen LogP contribution is 2.45. The summed E-state index contributed by atoms with van der Waals surface area (Å²) in [7, 11) is 0. The van der Waals surface area contributed by atoms with Crippen molar-refractivity contribution in [3.05, 3.63) is 65.7 Å². The second-order valence-electron chi connectivity index (χ2n) is 6.41. The van der Waals surface area contributed by atoms with Crippen LogP contribution in [0, 0.1) is 23.2 Å². The van der Waals surface area contributed by atoms with E-state index in [4.69, 9.17) is 5.73 Å². The van der Waals surface area contributed by atoms with Crippen LogP contribution in [0.1, 0.15) is 17.0 Å². The number of benzene rings is 2. The van der Waals surface area contributed by atoms with Gasteiger partial charge in [0.25, 0.3) is 0 Å².